The van der Waals surface area contributed by atoms with Gasteiger partial charge < -0.3 is 18.9 Å². The minimum atomic E-state index is -0.798. The number of fused-ring (bicyclic) bond motifs is 1. The fourth-order valence-corrected chi connectivity index (χ4v) is 5.07. The summed E-state index contributed by atoms with van der Waals surface area (Å²) < 4.78 is 31.8. The van der Waals surface area contributed by atoms with Crippen molar-refractivity contribution in [2.45, 2.75) is 19.4 Å². The number of nitrogens with zero attached hydrogens (tertiary/aromatic N) is 2. The number of halogens is 2. The second-order valence-electron chi connectivity index (χ2n) is 8.52. The first-order valence-electron chi connectivity index (χ1n) is 11.5. The molecule has 36 heavy (non-hydrogen) atoms. The molecule has 0 aliphatic carbocycles. The monoisotopic (exact) mass is 506 g/mol. The predicted octanol–water partition coefficient (Wildman–Crippen LogP) is 6.25. The molecule has 1 atom stereocenters. The van der Waals surface area contributed by atoms with Crippen molar-refractivity contribution in [2.75, 3.05) is 20.8 Å². The van der Waals surface area contributed by atoms with E-state index < -0.39 is 11.9 Å². The minimum Gasteiger partial charge on any atom is -0.493 e. The molecule has 0 saturated carbocycles. The molecule has 5 rings (SSSR count). The van der Waals surface area contributed by atoms with Crippen LogP contribution in [0.2, 0.25) is 5.02 Å². The lowest BCUT2D eigenvalue weighted by Gasteiger charge is -2.38. The number of rotatable bonds is 5. The van der Waals surface area contributed by atoms with Crippen molar-refractivity contribution in [3.8, 4) is 22.8 Å². The Morgan fingerprint density at radius 1 is 1.08 bits per heavy atom. The summed E-state index contributed by atoms with van der Waals surface area (Å²) in [5.74, 6) is 0.607. The van der Waals surface area contributed by atoms with Crippen molar-refractivity contribution in [1.29, 1.82) is 0 Å². The van der Waals surface area contributed by atoms with E-state index in [4.69, 9.17) is 25.6 Å². The number of aryl methyl sites for hydroxylation is 1. The van der Waals surface area contributed by atoms with Crippen LogP contribution in [0.1, 0.15) is 38.9 Å². The van der Waals surface area contributed by atoms with Gasteiger partial charge in [-0.25, -0.2) is 4.39 Å². The first-order valence-corrected chi connectivity index (χ1v) is 11.8. The zero-order chi connectivity index (χ0) is 25.4. The molecule has 3 aromatic carbocycles. The summed E-state index contributed by atoms with van der Waals surface area (Å²) in [6.45, 7) is 2.03. The molecule has 6 nitrogen and oxygen atoms in total. The van der Waals surface area contributed by atoms with Gasteiger partial charge in [-0.15, -0.1) is 0 Å². The number of hydrogen-bond donors (Lipinski definition) is 0. The van der Waals surface area contributed by atoms with Gasteiger partial charge in [-0.2, -0.15) is 0 Å². The highest BCUT2D eigenvalue weighted by Crippen LogP contribution is 2.44. The highest BCUT2D eigenvalue weighted by molar-refractivity contribution is 6.31. The quantitative estimate of drug-likeness (QED) is 0.320. The maximum atomic E-state index is 15.4. The fraction of sp³-hybridized carbons (Fsp3) is 0.214. The Hall–Kier alpha value is -3.84. The summed E-state index contributed by atoms with van der Waals surface area (Å²) in [4.78, 5) is 15.8. The lowest BCUT2D eigenvalue weighted by molar-refractivity contribution is 0.0690. The van der Waals surface area contributed by atoms with Gasteiger partial charge in [0, 0.05) is 22.7 Å². The Bertz CT molecular complexity index is 1420. The van der Waals surface area contributed by atoms with Crippen LogP contribution < -0.4 is 9.47 Å². The predicted molar refractivity (Wildman–Crippen MR) is 134 cm³/mol. The van der Waals surface area contributed by atoms with Crippen LogP contribution in [0.25, 0.3) is 11.3 Å². The Labute approximate surface area is 213 Å². The molecule has 4 aromatic rings. The molecule has 1 amide bonds. The van der Waals surface area contributed by atoms with Gasteiger partial charge in [0.2, 0.25) is 0 Å². The molecule has 184 valence electrons. The molecule has 0 N–H and O–H groups in total. The maximum absolute atomic E-state index is 15.4. The molecule has 0 bridgehead atoms. The summed E-state index contributed by atoms with van der Waals surface area (Å²) in [6, 6.07) is 16.7. The van der Waals surface area contributed by atoms with Crippen LogP contribution in [0.3, 0.4) is 0 Å². The first-order chi connectivity index (χ1) is 17.4. The van der Waals surface area contributed by atoms with E-state index >= 15 is 4.39 Å². The zero-order valence-electron chi connectivity index (χ0n) is 20.0. The summed E-state index contributed by atoms with van der Waals surface area (Å²) in [7, 11) is 3.10. The maximum Gasteiger partial charge on any atom is 0.260 e. The zero-order valence-corrected chi connectivity index (χ0v) is 20.8. The van der Waals surface area contributed by atoms with Gasteiger partial charge in [0.25, 0.3) is 5.91 Å². The average molecular weight is 507 g/mol. The second-order valence-corrected chi connectivity index (χ2v) is 8.93. The standard InChI is InChI=1S/C28H24ClFN2O4/c1-16-24(26(31-36-16)17-8-5-4-6-9-17)28(33)32-13-12-18-14-22(34-2)23(35-3)15-19(18)27(32)25-20(29)10-7-11-21(25)30/h4-11,14-15,27H,12-13H2,1-3H3/t27-/m0/s1. The number of aromatic nitrogens is 1. The van der Waals surface area contributed by atoms with Gasteiger partial charge in [0.05, 0.1) is 20.3 Å². The molecule has 0 fully saturated rings. The van der Waals surface area contributed by atoms with E-state index in [1.165, 1.54) is 13.2 Å². The van der Waals surface area contributed by atoms with E-state index in [1.807, 2.05) is 36.4 Å². The van der Waals surface area contributed by atoms with Gasteiger partial charge >= 0.3 is 0 Å². The molecular formula is C28H24ClFN2O4. The van der Waals surface area contributed by atoms with Crippen LogP contribution >= 0.6 is 11.6 Å². The van der Waals surface area contributed by atoms with E-state index in [2.05, 4.69) is 5.16 Å². The molecule has 1 aromatic heterocycles. The third-order valence-electron chi connectivity index (χ3n) is 6.53. The number of amides is 1. The lowest BCUT2D eigenvalue weighted by atomic mass is 9.86. The molecule has 2 heterocycles. The molecule has 0 radical (unpaired) electrons. The van der Waals surface area contributed by atoms with E-state index in [0.29, 0.717) is 41.5 Å². The lowest BCUT2D eigenvalue weighted by Crippen LogP contribution is -2.41. The number of hydrogen-bond acceptors (Lipinski definition) is 5. The first kappa shape index (κ1) is 23.9. The normalized spacial score (nSPS) is 14.9. The smallest absolute Gasteiger partial charge is 0.260 e. The van der Waals surface area contributed by atoms with Crippen LogP contribution in [-0.4, -0.2) is 36.7 Å². The molecule has 0 unspecified atom stereocenters. The highest BCUT2D eigenvalue weighted by Gasteiger charge is 2.38. The minimum absolute atomic E-state index is 0.219. The van der Waals surface area contributed by atoms with E-state index in [9.17, 15) is 4.79 Å². The summed E-state index contributed by atoms with van der Waals surface area (Å²) in [6.07, 6.45) is 0.537. The highest BCUT2D eigenvalue weighted by atomic mass is 35.5. The SMILES string of the molecule is COc1cc2c(cc1OC)[C@@H](c1c(F)cccc1Cl)N(C(=O)c1c(-c3ccccc3)noc1C)CC2. The largest absolute Gasteiger partial charge is 0.493 e. The van der Waals surface area contributed by atoms with Gasteiger partial charge in [-0.05, 0) is 48.7 Å². The van der Waals surface area contributed by atoms with Crippen LogP contribution in [0.5, 0.6) is 11.5 Å². The van der Waals surface area contributed by atoms with Gasteiger partial charge in [-0.3, -0.25) is 4.79 Å². The van der Waals surface area contributed by atoms with E-state index in [1.54, 1.807) is 37.1 Å². The van der Waals surface area contributed by atoms with Crippen molar-refractivity contribution in [3.05, 3.63) is 99.5 Å². The van der Waals surface area contributed by atoms with Crippen molar-refractivity contribution in [1.82, 2.24) is 10.1 Å². The fourth-order valence-electron chi connectivity index (χ4n) is 4.81. The van der Waals surface area contributed by atoms with Gasteiger partial charge in [0.15, 0.2) is 11.5 Å². The van der Waals surface area contributed by atoms with Crippen LogP contribution in [0, 0.1) is 12.7 Å². The van der Waals surface area contributed by atoms with Crippen molar-refractivity contribution >= 4 is 17.5 Å². The molecule has 8 heteroatoms. The van der Waals surface area contributed by atoms with E-state index in [0.717, 1.165) is 16.7 Å². The van der Waals surface area contributed by atoms with Crippen LogP contribution in [-0.2, 0) is 6.42 Å². The Morgan fingerprint density at radius 3 is 2.50 bits per heavy atom. The third-order valence-corrected chi connectivity index (χ3v) is 6.86. The molecular weight excluding hydrogens is 483 g/mol. The van der Waals surface area contributed by atoms with Crippen LogP contribution in [0.15, 0.2) is 65.2 Å². The Morgan fingerprint density at radius 2 is 1.81 bits per heavy atom. The molecule has 1 aliphatic heterocycles. The third kappa shape index (κ3) is 3.99. The number of ether oxygens (including phenoxy) is 2. The average Bonchev–Trinajstić information content (AvgIpc) is 3.29. The van der Waals surface area contributed by atoms with Crippen molar-refractivity contribution in [3.63, 3.8) is 0 Å². The number of carbonyl (C=O) groups is 1. The topological polar surface area (TPSA) is 64.8 Å². The summed E-state index contributed by atoms with van der Waals surface area (Å²) >= 11 is 6.55. The number of carbonyl (C=O) groups excluding carboxylic acids is 1. The summed E-state index contributed by atoms with van der Waals surface area (Å²) in [5, 5.41) is 4.40. The van der Waals surface area contributed by atoms with E-state index in [-0.39, 0.29) is 16.5 Å². The Balaban J connectivity index is 1.70. The van der Waals surface area contributed by atoms with Crippen molar-refractivity contribution < 1.29 is 23.2 Å². The Kier molecular flexibility index (Phi) is 6.41. The molecule has 0 saturated heterocycles. The van der Waals surface area contributed by atoms with Crippen LogP contribution in [0.4, 0.5) is 4.39 Å². The molecule has 1 aliphatic rings. The summed E-state index contributed by atoms with van der Waals surface area (Å²) in [5.41, 5.74) is 3.39. The molecule has 0 spiro atoms. The number of methoxy groups -OCH3 is 2. The van der Waals surface area contributed by atoms with Crippen molar-refractivity contribution in [2.24, 2.45) is 0 Å². The van der Waals surface area contributed by atoms with Gasteiger partial charge in [-0.1, -0.05) is 53.2 Å². The second kappa shape index (κ2) is 9.66. The van der Waals surface area contributed by atoms with Gasteiger partial charge in [0.1, 0.15) is 22.8 Å². The number of benzene rings is 3.